The van der Waals surface area contributed by atoms with E-state index >= 15 is 0 Å². The first-order valence-corrected chi connectivity index (χ1v) is 5.24. The zero-order valence-electron chi connectivity index (χ0n) is 6.83. The molecule has 2 aromatic rings. The van der Waals surface area contributed by atoms with Crippen molar-refractivity contribution in [2.24, 2.45) is 0 Å². The number of nitrogens with zero attached hydrogens (tertiary/aromatic N) is 1. The summed E-state index contributed by atoms with van der Waals surface area (Å²) in [6, 6.07) is 10.0. The molecule has 1 radical (unpaired) electrons. The highest BCUT2D eigenvalue weighted by Crippen LogP contribution is 2.24. The SMILES string of the molecule is ClCc1[c]nc(-c2ccccc2)s1. The van der Waals surface area contributed by atoms with Gasteiger partial charge in [0.25, 0.3) is 0 Å². The van der Waals surface area contributed by atoms with E-state index in [-0.39, 0.29) is 0 Å². The van der Waals surface area contributed by atoms with E-state index in [1.165, 1.54) is 0 Å². The van der Waals surface area contributed by atoms with E-state index in [0.717, 1.165) is 15.4 Å². The third-order valence-corrected chi connectivity index (χ3v) is 3.07. The van der Waals surface area contributed by atoms with Gasteiger partial charge in [0.1, 0.15) is 11.2 Å². The Labute approximate surface area is 86.0 Å². The number of halogens is 1. The molecule has 0 aliphatic rings. The second kappa shape index (κ2) is 3.90. The van der Waals surface area contributed by atoms with Gasteiger partial charge in [0.05, 0.1) is 5.88 Å². The van der Waals surface area contributed by atoms with E-state index in [1.54, 1.807) is 11.3 Å². The van der Waals surface area contributed by atoms with Gasteiger partial charge in [-0.2, -0.15) is 0 Å². The highest BCUT2D eigenvalue weighted by Gasteiger charge is 2.02. The number of rotatable bonds is 2. The molecule has 0 atom stereocenters. The second-order valence-electron chi connectivity index (χ2n) is 2.55. The van der Waals surface area contributed by atoms with Crippen molar-refractivity contribution in [2.45, 2.75) is 5.88 Å². The van der Waals surface area contributed by atoms with Gasteiger partial charge in [-0.3, -0.25) is 0 Å². The highest BCUT2D eigenvalue weighted by molar-refractivity contribution is 7.15. The Morgan fingerprint density at radius 2 is 2.08 bits per heavy atom. The molecule has 1 heterocycles. The summed E-state index contributed by atoms with van der Waals surface area (Å²) in [5, 5.41) is 0.983. The molecule has 0 unspecified atom stereocenters. The van der Waals surface area contributed by atoms with Crippen LogP contribution in [0.15, 0.2) is 30.3 Å². The summed E-state index contributed by atoms with van der Waals surface area (Å²) in [6.07, 6.45) is 2.89. The van der Waals surface area contributed by atoms with Crippen molar-refractivity contribution in [3.63, 3.8) is 0 Å². The standard InChI is InChI=1S/C10H7ClNS/c11-6-9-7-12-10(13-9)8-4-2-1-3-5-8/h1-5H,6H2. The molecule has 0 amide bonds. The number of alkyl halides is 1. The maximum atomic E-state index is 5.67. The Morgan fingerprint density at radius 3 is 2.69 bits per heavy atom. The van der Waals surface area contributed by atoms with Crippen molar-refractivity contribution >= 4 is 22.9 Å². The second-order valence-corrected chi connectivity index (χ2v) is 3.90. The maximum Gasteiger partial charge on any atom is 0.124 e. The zero-order valence-corrected chi connectivity index (χ0v) is 8.40. The zero-order chi connectivity index (χ0) is 9.10. The Kier molecular flexibility index (Phi) is 2.62. The van der Waals surface area contributed by atoms with E-state index in [9.17, 15) is 0 Å². The smallest absolute Gasteiger partial charge is 0.124 e. The van der Waals surface area contributed by atoms with Gasteiger partial charge in [0.15, 0.2) is 0 Å². The number of thiazole rings is 1. The summed E-state index contributed by atoms with van der Waals surface area (Å²) < 4.78 is 0. The minimum absolute atomic E-state index is 0.491. The number of hydrogen-bond acceptors (Lipinski definition) is 2. The third kappa shape index (κ3) is 1.90. The van der Waals surface area contributed by atoms with Gasteiger partial charge >= 0.3 is 0 Å². The van der Waals surface area contributed by atoms with Gasteiger partial charge in [-0.15, -0.1) is 22.9 Å². The Bertz CT molecular complexity index is 383. The van der Waals surface area contributed by atoms with Crippen molar-refractivity contribution in [2.75, 3.05) is 0 Å². The molecule has 13 heavy (non-hydrogen) atoms. The normalized spacial score (nSPS) is 10.2. The predicted octanol–water partition coefficient (Wildman–Crippen LogP) is 3.35. The van der Waals surface area contributed by atoms with Gasteiger partial charge in [0, 0.05) is 10.4 Å². The molecule has 1 aromatic heterocycles. The summed E-state index contributed by atoms with van der Waals surface area (Å²) in [5.41, 5.74) is 1.13. The van der Waals surface area contributed by atoms with Crippen molar-refractivity contribution in [3.8, 4) is 10.6 Å². The molecule has 3 heteroatoms. The molecule has 0 N–H and O–H groups in total. The van der Waals surface area contributed by atoms with E-state index in [1.807, 2.05) is 30.3 Å². The van der Waals surface area contributed by atoms with Crippen LogP contribution in [-0.2, 0) is 5.88 Å². The van der Waals surface area contributed by atoms with E-state index in [0.29, 0.717) is 5.88 Å². The van der Waals surface area contributed by atoms with Crippen LogP contribution >= 0.6 is 22.9 Å². The summed E-state index contributed by atoms with van der Waals surface area (Å²) in [6.45, 7) is 0. The van der Waals surface area contributed by atoms with Crippen LogP contribution in [0.2, 0.25) is 0 Å². The minimum atomic E-state index is 0.491. The van der Waals surface area contributed by atoms with Gasteiger partial charge < -0.3 is 0 Å². The first-order chi connectivity index (χ1) is 6.40. The molecule has 0 saturated heterocycles. The van der Waals surface area contributed by atoms with Gasteiger partial charge in [-0.1, -0.05) is 30.3 Å². The molecule has 2 rings (SSSR count). The molecule has 0 spiro atoms. The number of hydrogen-bond donors (Lipinski definition) is 0. The average molecular weight is 209 g/mol. The van der Waals surface area contributed by atoms with Crippen molar-refractivity contribution in [1.82, 2.24) is 4.98 Å². The van der Waals surface area contributed by atoms with Crippen LogP contribution in [0.3, 0.4) is 0 Å². The fraction of sp³-hybridized carbons (Fsp3) is 0.100. The van der Waals surface area contributed by atoms with Crippen LogP contribution in [0, 0.1) is 6.20 Å². The summed E-state index contributed by atoms with van der Waals surface area (Å²) >= 11 is 7.25. The summed E-state index contributed by atoms with van der Waals surface area (Å²) in [7, 11) is 0. The number of benzene rings is 1. The fourth-order valence-corrected chi connectivity index (χ4v) is 1.98. The van der Waals surface area contributed by atoms with Crippen LogP contribution in [-0.4, -0.2) is 4.98 Å². The lowest BCUT2D eigenvalue weighted by Gasteiger charge is -1.92. The monoisotopic (exact) mass is 208 g/mol. The molecular formula is C10H7ClNS. The Hall–Kier alpha value is -0.860. The van der Waals surface area contributed by atoms with Crippen LogP contribution in [0.5, 0.6) is 0 Å². The van der Waals surface area contributed by atoms with Crippen LogP contribution in [0.4, 0.5) is 0 Å². The molecule has 0 aliphatic carbocycles. The molecular weight excluding hydrogens is 202 g/mol. The summed E-state index contributed by atoms with van der Waals surface area (Å²) in [4.78, 5) is 5.15. The van der Waals surface area contributed by atoms with Crippen LogP contribution in [0.1, 0.15) is 4.88 Å². The largest absolute Gasteiger partial charge is 0.234 e. The average Bonchev–Trinajstić information content (AvgIpc) is 2.67. The lowest BCUT2D eigenvalue weighted by Crippen LogP contribution is -1.71. The third-order valence-electron chi connectivity index (χ3n) is 1.64. The van der Waals surface area contributed by atoms with E-state index in [4.69, 9.17) is 11.6 Å². The van der Waals surface area contributed by atoms with Gasteiger partial charge in [-0.25, -0.2) is 4.98 Å². The lowest BCUT2D eigenvalue weighted by atomic mass is 10.2. The summed E-state index contributed by atoms with van der Waals surface area (Å²) in [5.74, 6) is 0.491. The minimum Gasteiger partial charge on any atom is -0.234 e. The van der Waals surface area contributed by atoms with Crippen molar-refractivity contribution in [3.05, 3.63) is 41.4 Å². The molecule has 0 aliphatic heterocycles. The Balaban J connectivity index is 2.36. The van der Waals surface area contributed by atoms with Crippen LogP contribution < -0.4 is 0 Å². The maximum absolute atomic E-state index is 5.67. The highest BCUT2D eigenvalue weighted by atomic mass is 35.5. The lowest BCUT2D eigenvalue weighted by molar-refractivity contribution is 1.34. The first kappa shape index (κ1) is 8.73. The van der Waals surface area contributed by atoms with Crippen molar-refractivity contribution in [1.29, 1.82) is 0 Å². The van der Waals surface area contributed by atoms with Crippen molar-refractivity contribution < 1.29 is 0 Å². The van der Waals surface area contributed by atoms with E-state index < -0.39 is 0 Å². The molecule has 1 nitrogen and oxygen atoms in total. The molecule has 0 fully saturated rings. The predicted molar refractivity (Wildman–Crippen MR) is 55.9 cm³/mol. The molecule has 0 saturated carbocycles. The molecule has 1 aromatic carbocycles. The molecule has 65 valence electrons. The van der Waals surface area contributed by atoms with E-state index in [2.05, 4.69) is 11.2 Å². The fourth-order valence-electron chi connectivity index (χ4n) is 1.04. The van der Waals surface area contributed by atoms with Gasteiger partial charge in [0.2, 0.25) is 0 Å². The topological polar surface area (TPSA) is 12.9 Å². The number of aromatic nitrogens is 1. The molecule has 0 bridgehead atoms. The van der Waals surface area contributed by atoms with Gasteiger partial charge in [-0.05, 0) is 0 Å². The van der Waals surface area contributed by atoms with Crippen LogP contribution in [0.25, 0.3) is 10.6 Å². The quantitative estimate of drug-likeness (QED) is 0.690. The first-order valence-electron chi connectivity index (χ1n) is 3.89. The Morgan fingerprint density at radius 1 is 1.31 bits per heavy atom.